The van der Waals surface area contributed by atoms with Gasteiger partial charge in [0.2, 0.25) is 0 Å². The van der Waals surface area contributed by atoms with Gasteiger partial charge in [0.1, 0.15) is 23.0 Å². The van der Waals surface area contributed by atoms with E-state index in [0.717, 1.165) is 11.1 Å². The molecule has 0 aliphatic carbocycles. The molecule has 31 heavy (non-hydrogen) atoms. The number of rotatable bonds is 7. The van der Waals surface area contributed by atoms with Crippen molar-refractivity contribution in [1.82, 2.24) is 0 Å². The molecule has 0 fully saturated rings. The first kappa shape index (κ1) is 21.6. The number of hydrogen-bond donors (Lipinski definition) is 0. The fourth-order valence-corrected chi connectivity index (χ4v) is 2.52. The Hall–Kier alpha value is -4.12. The van der Waals surface area contributed by atoms with Crippen molar-refractivity contribution in [3.05, 3.63) is 96.3 Å². The third-order valence-electron chi connectivity index (χ3n) is 4.18. The molecule has 1 aromatic heterocycles. The summed E-state index contributed by atoms with van der Waals surface area (Å²) in [5.41, 5.74) is 2.38. The van der Waals surface area contributed by atoms with Gasteiger partial charge in [0.25, 0.3) is 0 Å². The fraction of sp³-hybridized carbons (Fsp3) is 0.0769. The Balaban J connectivity index is 1.68. The van der Waals surface area contributed by atoms with Gasteiger partial charge in [-0.3, -0.25) is 0 Å². The minimum absolute atomic E-state index is 0.331. The largest absolute Gasteiger partial charge is 0.457 e. The second-order valence-corrected chi connectivity index (χ2v) is 6.97. The minimum atomic E-state index is -0.472. The van der Waals surface area contributed by atoms with E-state index in [1.54, 1.807) is 44.2 Å². The monoisotopic (exact) mass is 414 g/mol. The van der Waals surface area contributed by atoms with Crippen molar-refractivity contribution in [1.29, 1.82) is 0 Å². The van der Waals surface area contributed by atoms with E-state index >= 15 is 0 Å². The summed E-state index contributed by atoms with van der Waals surface area (Å²) in [5, 5.41) is 0. The van der Waals surface area contributed by atoms with Gasteiger partial charge in [0, 0.05) is 16.7 Å². The maximum atomic E-state index is 11.7. The van der Waals surface area contributed by atoms with Crippen LogP contribution in [0.1, 0.15) is 25.2 Å². The lowest BCUT2D eigenvalue weighted by atomic mass is 10.1. The molecule has 1 heterocycles. The molecule has 5 heteroatoms. The van der Waals surface area contributed by atoms with Gasteiger partial charge in [0.15, 0.2) is 0 Å². The highest BCUT2D eigenvalue weighted by atomic mass is 16.5. The third kappa shape index (κ3) is 5.93. The molecule has 5 nitrogen and oxygen atoms in total. The molecule has 0 unspecified atom stereocenters. The zero-order valence-corrected chi connectivity index (χ0v) is 17.4. The maximum Gasteiger partial charge on any atom is 0.338 e. The molecule has 156 valence electrons. The van der Waals surface area contributed by atoms with Crippen LogP contribution in [-0.4, -0.2) is 11.9 Å². The Morgan fingerprint density at radius 2 is 1.45 bits per heavy atom. The molecule has 3 aromatic rings. The standard InChI is InChI=1S/C26H22O5/c1-17(2)25(27)30-22-12-9-19(10-13-22)8-11-21-14-15-24(29-21)20-6-5-7-23(16-20)31-26(28)18(3)4/h5-16H,1,3H2,2,4H3/b11-8+. The van der Waals surface area contributed by atoms with Crippen LogP contribution >= 0.6 is 0 Å². The number of carbonyl (C=O) groups is 2. The van der Waals surface area contributed by atoms with E-state index in [0.29, 0.717) is 34.2 Å². The summed E-state index contributed by atoms with van der Waals surface area (Å²) in [6.07, 6.45) is 3.72. The van der Waals surface area contributed by atoms with Gasteiger partial charge in [-0.05, 0) is 61.9 Å². The van der Waals surface area contributed by atoms with Crippen LogP contribution < -0.4 is 9.47 Å². The molecular weight excluding hydrogens is 392 g/mol. The van der Waals surface area contributed by atoms with Gasteiger partial charge in [0.05, 0.1) is 0 Å². The second kappa shape index (κ2) is 9.59. The topological polar surface area (TPSA) is 65.7 Å². The SMILES string of the molecule is C=C(C)C(=O)Oc1ccc(/C=C/c2ccc(-c3cccc(OC(=O)C(=C)C)c3)o2)cc1. The Morgan fingerprint density at radius 1 is 0.806 bits per heavy atom. The lowest BCUT2D eigenvalue weighted by Crippen LogP contribution is -2.07. The molecule has 0 saturated carbocycles. The van der Waals surface area contributed by atoms with Crippen LogP contribution in [-0.2, 0) is 9.59 Å². The van der Waals surface area contributed by atoms with Gasteiger partial charge in [-0.25, -0.2) is 9.59 Å². The van der Waals surface area contributed by atoms with Crippen molar-refractivity contribution in [2.45, 2.75) is 13.8 Å². The van der Waals surface area contributed by atoms with E-state index in [9.17, 15) is 9.59 Å². The number of furan rings is 1. The number of esters is 2. The smallest absolute Gasteiger partial charge is 0.338 e. The highest BCUT2D eigenvalue weighted by Crippen LogP contribution is 2.27. The van der Waals surface area contributed by atoms with Crippen molar-refractivity contribution in [2.75, 3.05) is 0 Å². The molecule has 0 radical (unpaired) electrons. The summed E-state index contributed by atoms with van der Waals surface area (Å²) >= 11 is 0. The van der Waals surface area contributed by atoms with Crippen molar-refractivity contribution in [3.63, 3.8) is 0 Å². The van der Waals surface area contributed by atoms with Gasteiger partial charge < -0.3 is 13.9 Å². The zero-order chi connectivity index (χ0) is 22.4. The minimum Gasteiger partial charge on any atom is -0.457 e. The zero-order valence-electron chi connectivity index (χ0n) is 17.4. The molecule has 3 rings (SSSR count). The van der Waals surface area contributed by atoms with Crippen molar-refractivity contribution in [2.24, 2.45) is 0 Å². The Labute approximate surface area is 180 Å². The van der Waals surface area contributed by atoms with Gasteiger partial charge in [-0.15, -0.1) is 0 Å². The molecule has 0 atom stereocenters. The first-order valence-electron chi connectivity index (χ1n) is 9.55. The number of carbonyl (C=O) groups excluding carboxylic acids is 2. The van der Waals surface area contributed by atoms with Crippen LogP contribution in [0.5, 0.6) is 11.5 Å². The summed E-state index contributed by atoms with van der Waals surface area (Å²) in [4.78, 5) is 23.3. The Kier molecular flexibility index (Phi) is 6.67. The first-order valence-corrected chi connectivity index (χ1v) is 9.55. The molecule has 0 N–H and O–H groups in total. The van der Waals surface area contributed by atoms with E-state index in [1.165, 1.54) is 0 Å². The van der Waals surface area contributed by atoms with E-state index in [1.807, 2.05) is 42.5 Å². The fourth-order valence-electron chi connectivity index (χ4n) is 2.52. The van der Waals surface area contributed by atoms with Crippen molar-refractivity contribution in [3.8, 4) is 22.8 Å². The number of hydrogen-bond acceptors (Lipinski definition) is 5. The molecule has 0 saturated heterocycles. The molecule has 0 aliphatic heterocycles. The molecule has 0 amide bonds. The van der Waals surface area contributed by atoms with E-state index in [2.05, 4.69) is 13.2 Å². The van der Waals surface area contributed by atoms with Crippen LogP contribution in [0.3, 0.4) is 0 Å². The highest BCUT2D eigenvalue weighted by Gasteiger charge is 2.09. The molecular formula is C26H22O5. The third-order valence-corrected chi connectivity index (χ3v) is 4.18. The molecule has 2 aromatic carbocycles. The summed E-state index contributed by atoms with van der Waals surface area (Å²) in [7, 11) is 0. The van der Waals surface area contributed by atoms with E-state index in [-0.39, 0.29) is 0 Å². The van der Waals surface area contributed by atoms with Gasteiger partial charge in [-0.2, -0.15) is 0 Å². The second-order valence-electron chi connectivity index (χ2n) is 6.97. The summed E-state index contributed by atoms with van der Waals surface area (Å²) in [6, 6.07) is 17.9. The van der Waals surface area contributed by atoms with Crippen LogP contribution in [0.25, 0.3) is 23.5 Å². The Bertz CT molecular complexity index is 1160. The average molecular weight is 414 g/mol. The van der Waals surface area contributed by atoms with Crippen LogP contribution in [0.15, 0.2) is 89.4 Å². The summed E-state index contributed by atoms with van der Waals surface area (Å²) in [5.74, 6) is 1.27. The van der Waals surface area contributed by atoms with E-state index in [4.69, 9.17) is 13.9 Å². The molecule has 0 bridgehead atoms. The predicted octanol–water partition coefficient (Wildman–Crippen LogP) is 6.08. The van der Waals surface area contributed by atoms with E-state index < -0.39 is 11.9 Å². The van der Waals surface area contributed by atoms with Crippen molar-refractivity contribution >= 4 is 24.1 Å². The Morgan fingerprint density at radius 3 is 2.10 bits per heavy atom. The highest BCUT2D eigenvalue weighted by molar-refractivity contribution is 5.89. The average Bonchev–Trinajstić information content (AvgIpc) is 3.22. The summed E-state index contributed by atoms with van der Waals surface area (Å²) < 4.78 is 16.3. The van der Waals surface area contributed by atoms with Crippen LogP contribution in [0, 0.1) is 0 Å². The van der Waals surface area contributed by atoms with Gasteiger partial charge in [-0.1, -0.05) is 43.5 Å². The predicted molar refractivity (Wildman–Crippen MR) is 120 cm³/mol. The van der Waals surface area contributed by atoms with Crippen LogP contribution in [0.2, 0.25) is 0 Å². The molecule has 0 aliphatic rings. The van der Waals surface area contributed by atoms with Crippen LogP contribution in [0.4, 0.5) is 0 Å². The number of ether oxygens (including phenoxy) is 2. The lowest BCUT2D eigenvalue weighted by molar-refractivity contribution is -0.130. The normalized spacial score (nSPS) is 10.6. The quantitative estimate of drug-likeness (QED) is 0.266. The lowest BCUT2D eigenvalue weighted by Gasteiger charge is -2.05. The molecule has 0 spiro atoms. The van der Waals surface area contributed by atoms with Gasteiger partial charge >= 0.3 is 11.9 Å². The maximum absolute atomic E-state index is 11.7. The van der Waals surface area contributed by atoms with Crippen molar-refractivity contribution < 1.29 is 23.5 Å². The first-order chi connectivity index (χ1) is 14.8. The number of benzene rings is 2. The summed E-state index contributed by atoms with van der Waals surface area (Å²) in [6.45, 7) is 10.3.